The van der Waals surface area contributed by atoms with Crippen molar-refractivity contribution in [2.75, 3.05) is 31.2 Å². The molecule has 1 aliphatic heterocycles. The summed E-state index contributed by atoms with van der Waals surface area (Å²) in [4.78, 5) is 11.2. The average molecular weight is 407 g/mol. The molecule has 2 aromatic heterocycles. The lowest BCUT2D eigenvalue weighted by atomic mass is 10.1. The Labute approximate surface area is 173 Å². The molecule has 7 nitrogen and oxygen atoms in total. The highest BCUT2D eigenvalue weighted by Crippen LogP contribution is 2.33. The van der Waals surface area contributed by atoms with E-state index in [4.69, 9.17) is 9.72 Å². The first-order chi connectivity index (χ1) is 14.6. The van der Waals surface area contributed by atoms with Gasteiger partial charge in [-0.15, -0.1) is 0 Å². The lowest BCUT2D eigenvalue weighted by Gasteiger charge is -2.29. The maximum absolute atomic E-state index is 13.0. The first-order valence-corrected chi connectivity index (χ1v) is 9.75. The zero-order valence-corrected chi connectivity index (χ0v) is 16.6. The number of anilines is 1. The van der Waals surface area contributed by atoms with Crippen LogP contribution in [0.15, 0.2) is 52.8 Å². The molecule has 0 saturated carbocycles. The quantitative estimate of drug-likeness (QED) is 0.518. The van der Waals surface area contributed by atoms with E-state index in [2.05, 4.69) is 20.1 Å². The SMILES string of the molecule is C/C(=N\N=C\Cc1ccc(F)cc1)c1nc(N2CCOCC2)c2cccnc2c1O. The summed E-state index contributed by atoms with van der Waals surface area (Å²) in [7, 11) is 0. The summed E-state index contributed by atoms with van der Waals surface area (Å²) in [6.45, 7) is 4.43. The maximum Gasteiger partial charge on any atom is 0.169 e. The Morgan fingerprint density at radius 2 is 2.00 bits per heavy atom. The number of halogens is 1. The first kappa shape index (κ1) is 19.9. The Morgan fingerprint density at radius 1 is 1.23 bits per heavy atom. The molecule has 30 heavy (non-hydrogen) atoms. The van der Waals surface area contributed by atoms with Crippen LogP contribution in [0.2, 0.25) is 0 Å². The van der Waals surface area contributed by atoms with Crippen LogP contribution in [-0.4, -0.2) is 53.3 Å². The van der Waals surface area contributed by atoms with Gasteiger partial charge in [-0.25, -0.2) is 9.37 Å². The van der Waals surface area contributed by atoms with Crippen molar-refractivity contribution in [2.45, 2.75) is 13.3 Å². The van der Waals surface area contributed by atoms with Gasteiger partial charge in [0.1, 0.15) is 22.8 Å². The predicted octanol–water partition coefficient (Wildman–Crippen LogP) is 3.35. The van der Waals surface area contributed by atoms with E-state index in [1.807, 2.05) is 12.1 Å². The number of nitrogens with zero attached hydrogens (tertiary/aromatic N) is 5. The Balaban J connectivity index is 1.63. The molecule has 0 aliphatic carbocycles. The number of aromatic hydroxyl groups is 1. The van der Waals surface area contributed by atoms with Gasteiger partial charge in [0.2, 0.25) is 0 Å². The fourth-order valence-electron chi connectivity index (χ4n) is 3.32. The molecule has 1 fully saturated rings. The zero-order chi connectivity index (χ0) is 20.9. The van der Waals surface area contributed by atoms with Crippen molar-refractivity contribution in [3.8, 4) is 5.75 Å². The molecule has 0 radical (unpaired) electrons. The van der Waals surface area contributed by atoms with E-state index < -0.39 is 0 Å². The summed E-state index contributed by atoms with van der Waals surface area (Å²) < 4.78 is 18.4. The molecule has 1 aromatic carbocycles. The van der Waals surface area contributed by atoms with E-state index in [1.54, 1.807) is 31.5 Å². The number of rotatable bonds is 5. The van der Waals surface area contributed by atoms with Crippen LogP contribution in [-0.2, 0) is 11.2 Å². The van der Waals surface area contributed by atoms with E-state index in [9.17, 15) is 9.50 Å². The molecule has 154 valence electrons. The largest absolute Gasteiger partial charge is 0.504 e. The standard InChI is InChI=1S/C22H22FN5O2/c1-15(27-25-10-8-16-4-6-17(23)7-5-16)19-21(29)20-18(3-2-9-24-20)22(26-19)28-11-13-30-14-12-28/h2-7,9-10,29H,8,11-14H2,1H3/b25-10+,27-15+. The first-order valence-electron chi connectivity index (χ1n) is 9.75. The summed E-state index contributed by atoms with van der Waals surface area (Å²) in [6.07, 6.45) is 3.80. The molecule has 1 N–H and O–H groups in total. The minimum atomic E-state index is -0.271. The molecular weight excluding hydrogens is 385 g/mol. The summed E-state index contributed by atoms with van der Waals surface area (Å²) in [5.74, 6) is 0.462. The highest BCUT2D eigenvalue weighted by Gasteiger charge is 2.21. The molecule has 1 aliphatic rings. The molecule has 0 unspecified atom stereocenters. The lowest BCUT2D eigenvalue weighted by molar-refractivity contribution is 0.122. The number of fused-ring (bicyclic) bond motifs is 1. The van der Waals surface area contributed by atoms with Gasteiger partial charge >= 0.3 is 0 Å². The predicted molar refractivity (Wildman–Crippen MR) is 115 cm³/mol. The normalized spacial score (nSPS) is 15.3. The summed E-state index contributed by atoms with van der Waals surface area (Å²) in [6, 6.07) is 9.96. The van der Waals surface area contributed by atoms with Crippen molar-refractivity contribution < 1.29 is 14.2 Å². The second-order valence-corrected chi connectivity index (χ2v) is 6.95. The van der Waals surface area contributed by atoms with Gasteiger partial charge in [-0.2, -0.15) is 10.2 Å². The number of aromatic nitrogens is 2. The Bertz CT molecular complexity index is 1090. The third-order valence-electron chi connectivity index (χ3n) is 4.90. The van der Waals surface area contributed by atoms with Crippen molar-refractivity contribution >= 4 is 28.6 Å². The molecule has 4 rings (SSSR count). The van der Waals surface area contributed by atoms with Crippen molar-refractivity contribution in [2.24, 2.45) is 10.2 Å². The van der Waals surface area contributed by atoms with Crippen molar-refractivity contribution in [1.29, 1.82) is 0 Å². The lowest BCUT2D eigenvalue weighted by Crippen LogP contribution is -2.37. The van der Waals surface area contributed by atoms with E-state index in [-0.39, 0.29) is 11.6 Å². The van der Waals surface area contributed by atoms with Gasteiger partial charge < -0.3 is 14.7 Å². The number of hydrogen-bond acceptors (Lipinski definition) is 7. The molecule has 0 bridgehead atoms. The molecule has 3 aromatic rings. The molecule has 3 heterocycles. The number of ether oxygens (including phenoxy) is 1. The second kappa shape index (κ2) is 8.96. The highest BCUT2D eigenvalue weighted by molar-refractivity contribution is 6.06. The molecule has 0 amide bonds. The van der Waals surface area contributed by atoms with Crippen LogP contribution in [0.4, 0.5) is 10.2 Å². The Hall–Kier alpha value is -3.39. The smallest absolute Gasteiger partial charge is 0.169 e. The summed E-state index contributed by atoms with van der Waals surface area (Å²) >= 11 is 0. The summed E-state index contributed by atoms with van der Waals surface area (Å²) in [5.41, 5.74) is 2.24. The fraction of sp³-hybridized carbons (Fsp3) is 0.273. The molecule has 0 atom stereocenters. The fourth-order valence-corrected chi connectivity index (χ4v) is 3.32. The Morgan fingerprint density at radius 3 is 2.77 bits per heavy atom. The van der Waals surface area contributed by atoms with Crippen molar-refractivity contribution in [3.05, 3.63) is 59.7 Å². The van der Waals surface area contributed by atoms with Gasteiger partial charge in [-0.05, 0) is 36.8 Å². The van der Waals surface area contributed by atoms with Crippen LogP contribution < -0.4 is 4.90 Å². The minimum Gasteiger partial charge on any atom is -0.504 e. The average Bonchev–Trinajstić information content (AvgIpc) is 2.79. The monoisotopic (exact) mass is 407 g/mol. The van der Waals surface area contributed by atoms with Gasteiger partial charge in [0.05, 0.1) is 18.9 Å². The van der Waals surface area contributed by atoms with Crippen LogP contribution in [0, 0.1) is 5.82 Å². The van der Waals surface area contributed by atoms with E-state index in [0.29, 0.717) is 49.6 Å². The van der Waals surface area contributed by atoms with Gasteiger partial charge in [0.25, 0.3) is 0 Å². The van der Waals surface area contributed by atoms with Crippen LogP contribution in [0.3, 0.4) is 0 Å². The maximum atomic E-state index is 13.0. The van der Waals surface area contributed by atoms with E-state index >= 15 is 0 Å². The Kier molecular flexibility index (Phi) is 5.94. The highest BCUT2D eigenvalue weighted by atomic mass is 19.1. The van der Waals surface area contributed by atoms with Crippen LogP contribution in [0.5, 0.6) is 5.75 Å². The molecule has 1 saturated heterocycles. The number of pyridine rings is 2. The third kappa shape index (κ3) is 4.28. The van der Waals surface area contributed by atoms with Crippen LogP contribution in [0.25, 0.3) is 10.9 Å². The van der Waals surface area contributed by atoms with Crippen molar-refractivity contribution in [3.63, 3.8) is 0 Å². The van der Waals surface area contributed by atoms with Gasteiger partial charge in [0.15, 0.2) is 5.75 Å². The summed E-state index contributed by atoms with van der Waals surface area (Å²) in [5, 5.41) is 19.8. The number of morpholine rings is 1. The molecule has 8 heteroatoms. The molecule has 0 spiro atoms. The number of hydrogen-bond donors (Lipinski definition) is 1. The van der Waals surface area contributed by atoms with E-state index in [1.165, 1.54) is 12.1 Å². The van der Waals surface area contributed by atoms with Gasteiger partial charge in [-0.1, -0.05) is 12.1 Å². The van der Waals surface area contributed by atoms with Crippen LogP contribution in [0.1, 0.15) is 18.2 Å². The number of benzene rings is 1. The molecular formula is C22H22FN5O2. The minimum absolute atomic E-state index is 0.0161. The topological polar surface area (TPSA) is 83.2 Å². The van der Waals surface area contributed by atoms with E-state index in [0.717, 1.165) is 16.8 Å². The zero-order valence-electron chi connectivity index (χ0n) is 16.6. The van der Waals surface area contributed by atoms with Crippen LogP contribution >= 0.6 is 0 Å². The van der Waals surface area contributed by atoms with Gasteiger partial charge in [-0.3, -0.25) is 4.98 Å². The second-order valence-electron chi connectivity index (χ2n) is 6.95. The van der Waals surface area contributed by atoms with Crippen molar-refractivity contribution in [1.82, 2.24) is 9.97 Å². The third-order valence-corrected chi connectivity index (χ3v) is 4.90. The van der Waals surface area contributed by atoms with Gasteiger partial charge in [0, 0.05) is 37.3 Å².